The Labute approximate surface area is 89.6 Å². The maximum Gasteiger partial charge on any atom is 0.181 e. The average molecular weight is 208 g/mol. The molecule has 1 unspecified atom stereocenters. The fraction of sp³-hybridized carbons (Fsp3) is 0.500. The number of aliphatic hydroxyl groups is 1. The Hall–Kier alpha value is -0.900. The molecule has 1 N–H and O–H groups in total. The minimum atomic E-state index is -0.762. The summed E-state index contributed by atoms with van der Waals surface area (Å²) < 4.78 is 10.7. The van der Waals surface area contributed by atoms with Crippen molar-refractivity contribution in [1.82, 2.24) is 0 Å². The van der Waals surface area contributed by atoms with Crippen molar-refractivity contribution in [2.75, 3.05) is 6.61 Å². The highest BCUT2D eigenvalue weighted by Gasteiger charge is 2.24. The van der Waals surface area contributed by atoms with Crippen LogP contribution in [0.3, 0.4) is 0 Å². The lowest BCUT2D eigenvalue weighted by Crippen LogP contribution is -2.35. The van der Waals surface area contributed by atoms with Crippen LogP contribution < -0.4 is 0 Å². The molecule has 82 valence electrons. The van der Waals surface area contributed by atoms with E-state index in [-0.39, 0.29) is 6.10 Å². The van der Waals surface area contributed by atoms with Gasteiger partial charge >= 0.3 is 0 Å². The second-order valence-electron chi connectivity index (χ2n) is 3.74. The maximum absolute atomic E-state index is 9.50. The zero-order chi connectivity index (χ0) is 10.5. The van der Waals surface area contributed by atoms with Crippen molar-refractivity contribution in [2.45, 2.75) is 31.8 Å². The van der Waals surface area contributed by atoms with Crippen LogP contribution in [-0.2, 0) is 16.1 Å². The van der Waals surface area contributed by atoms with Gasteiger partial charge in [0.1, 0.15) is 6.10 Å². The van der Waals surface area contributed by atoms with Crippen LogP contribution in [0.25, 0.3) is 0 Å². The predicted molar refractivity (Wildman–Crippen MR) is 56.2 cm³/mol. The van der Waals surface area contributed by atoms with Crippen molar-refractivity contribution in [3.05, 3.63) is 35.9 Å². The van der Waals surface area contributed by atoms with Gasteiger partial charge in [-0.15, -0.1) is 0 Å². The lowest BCUT2D eigenvalue weighted by Gasteiger charge is -2.27. The third-order valence-electron chi connectivity index (χ3n) is 2.55. The Bertz CT molecular complexity index is 286. The minimum Gasteiger partial charge on any atom is -0.368 e. The first-order chi connectivity index (χ1) is 7.36. The van der Waals surface area contributed by atoms with E-state index < -0.39 is 6.29 Å². The molecule has 0 spiro atoms. The van der Waals surface area contributed by atoms with Crippen LogP contribution in [0.1, 0.15) is 18.4 Å². The number of benzene rings is 1. The maximum atomic E-state index is 9.50. The first-order valence-electron chi connectivity index (χ1n) is 5.31. The molecule has 1 aliphatic rings. The quantitative estimate of drug-likeness (QED) is 0.821. The Morgan fingerprint density at radius 2 is 2.13 bits per heavy atom. The summed E-state index contributed by atoms with van der Waals surface area (Å²) in [6, 6.07) is 9.95. The van der Waals surface area contributed by atoms with E-state index in [1.807, 2.05) is 30.3 Å². The van der Waals surface area contributed by atoms with Gasteiger partial charge in [0.15, 0.2) is 6.29 Å². The molecule has 0 amide bonds. The molecule has 1 saturated heterocycles. The summed E-state index contributed by atoms with van der Waals surface area (Å²) in [5.74, 6) is 0. The van der Waals surface area contributed by atoms with Gasteiger partial charge in [-0.2, -0.15) is 0 Å². The standard InChI is InChI=1S/C12H16O3/c13-12-11(7-4-8-14-12)15-9-10-5-2-1-3-6-10/h1-3,5-6,11-13H,4,7-9H2/t11-,12?/m1/s1. The van der Waals surface area contributed by atoms with E-state index >= 15 is 0 Å². The summed E-state index contributed by atoms with van der Waals surface area (Å²) in [7, 11) is 0. The lowest BCUT2D eigenvalue weighted by molar-refractivity contribution is -0.205. The van der Waals surface area contributed by atoms with E-state index in [9.17, 15) is 5.11 Å². The molecule has 3 heteroatoms. The molecule has 2 rings (SSSR count). The van der Waals surface area contributed by atoms with Gasteiger partial charge in [0.05, 0.1) is 6.61 Å². The SMILES string of the molecule is OC1OCCC[C@H]1OCc1ccccc1. The van der Waals surface area contributed by atoms with Crippen LogP contribution in [0.15, 0.2) is 30.3 Å². The first kappa shape index (κ1) is 10.6. The Morgan fingerprint density at radius 3 is 2.87 bits per heavy atom. The molecule has 3 nitrogen and oxygen atoms in total. The van der Waals surface area contributed by atoms with Gasteiger partial charge in [0.2, 0.25) is 0 Å². The number of ether oxygens (including phenoxy) is 2. The molecule has 0 radical (unpaired) electrons. The van der Waals surface area contributed by atoms with E-state index in [1.165, 1.54) is 0 Å². The molecule has 15 heavy (non-hydrogen) atoms. The summed E-state index contributed by atoms with van der Waals surface area (Å²) >= 11 is 0. The summed E-state index contributed by atoms with van der Waals surface area (Å²) in [5.41, 5.74) is 1.12. The molecule has 1 aromatic rings. The lowest BCUT2D eigenvalue weighted by atomic mass is 10.1. The molecular formula is C12H16O3. The molecule has 2 atom stereocenters. The third-order valence-corrected chi connectivity index (χ3v) is 2.55. The fourth-order valence-corrected chi connectivity index (χ4v) is 1.68. The molecule has 0 aromatic heterocycles. The largest absolute Gasteiger partial charge is 0.368 e. The zero-order valence-corrected chi connectivity index (χ0v) is 8.63. The van der Waals surface area contributed by atoms with Crippen molar-refractivity contribution in [2.24, 2.45) is 0 Å². The monoisotopic (exact) mass is 208 g/mol. The molecule has 1 fully saturated rings. The van der Waals surface area contributed by atoms with E-state index in [0.717, 1.165) is 18.4 Å². The van der Waals surface area contributed by atoms with Crippen LogP contribution in [0.5, 0.6) is 0 Å². The van der Waals surface area contributed by atoms with Crippen LogP contribution in [0.2, 0.25) is 0 Å². The Morgan fingerprint density at radius 1 is 1.33 bits per heavy atom. The van der Waals surface area contributed by atoms with Gasteiger partial charge in [0.25, 0.3) is 0 Å². The highest BCUT2D eigenvalue weighted by Crippen LogP contribution is 2.16. The van der Waals surface area contributed by atoms with Crippen LogP contribution in [0, 0.1) is 0 Å². The smallest absolute Gasteiger partial charge is 0.181 e. The average Bonchev–Trinajstić information content (AvgIpc) is 2.29. The molecule has 0 aliphatic carbocycles. The normalized spacial score (nSPS) is 26.5. The summed E-state index contributed by atoms with van der Waals surface area (Å²) in [6.07, 6.45) is 0.881. The van der Waals surface area contributed by atoms with Gasteiger partial charge in [-0.3, -0.25) is 0 Å². The second-order valence-corrected chi connectivity index (χ2v) is 3.74. The molecule has 1 aromatic carbocycles. The van der Waals surface area contributed by atoms with Crippen LogP contribution in [0.4, 0.5) is 0 Å². The molecule has 1 aliphatic heterocycles. The minimum absolute atomic E-state index is 0.182. The number of hydrogen-bond acceptors (Lipinski definition) is 3. The summed E-state index contributed by atoms with van der Waals surface area (Å²) in [4.78, 5) is 0. The van der Waals surface area contributed by atoms with Crippen molar-refractivity contribution in [1.29, 1.82) is 0 Å². The van der Waals surface area contributed by atoms with E-state index in [2.05, 4.69) is 0 Å². The number of hydrogen-bond donors (Lipinski definition) is 1. The Balaban J connectivity index is 1.82. The van der Waals surface area contributed by atoms with Gasteiger partial charge < -0.3 is 14.6 Å². The van der Waals surface area contributed by atoms with E-state index in [1.54, 1.807) is 0 Å². The van der Waals surface area contributed by atoms with Crippen LogP contribution in [-0.4, -0.2) is 24.1 Å². The van der Waals surface area contributed by atoms with Crippen molar-refractivity contribution in [3.63, 3.8) is 0 Å². The first-order valence-corrected chi connectivity index (χ1v) is 5.31. The van der Waals surface area contributed by atoms with E-state index in [0.29, 0.717) is 13.2 Å². The fourth-order valence-electron chi connectivity index (χ4n) is 1.68. The van der Waals surface area contributed by atoms with Crippen molar-refractivity contribution >= 4 is 0 Å². The van der Waals surface area contributed by atoms with E-state index in [4.69, 9.17) is 9.47 Å². The second kappa shape index (κ2) is 5.26. The summed E-state index contributed by atoms with van der Waals surface area (Å²) in [5, 5.41) is 9.50. The van der Waals surface area contributed by atoms with Crippen LogP contribution >= 0.6 is 0 Å². The highest BCUT2D eigenvalue weighted by atomic mass is 16.6. The van der Waals surface area contributed by atoms with Crippen molar-refractivity contribution in [3.8, 4) is 0 Å². The number of rotatable bonds is 3. The zero-order valence-electron chi connectivity index (χ0n) is 8.63. The Kier molecular flexibility index (Phi) is 3.72. The molecular weight excluding hydrogens is 192 g/mol. The predicted octanol–water partition coefficient (Wildman–Crippen LogP) is 1.70. The topological polar surface area (TPSA) is 38.7 Å². The summed E-state index contributed by atoms with van der Waals surface area (Å²) in [6.45, 7) is 1.16. The molecule has 0 saturated carbocycles. The third kappa shape index (κ3) is 3.02. The molecule has 1 heterocycles. The van der Waals surface area contributed by atoms with Crippen molar-refractivity contribution < 1.29 is 14.6 Å². The number of aliphatic hydroxyl groups excluding tert-OH is 1. The molecule has 0 bridgehead atoms. The van der Waals surface area contributed by atoms with Gasteiger partial charge in [-0.05, 0) is 18.4 Å². The van der Waals surface area contributed by atoms with Gasteiger partial charge in [-0.1, -0.05) is 30.3 Å². The van der Waals surface area contributed by atoms with Gasteiger partial charge in [0, 0.05) is 6.61 Å². The highest BCUT2D eigenvalue weighted by molar-refractivity contribution is 5.13. The van der Waals surface area contributed by atoms with Gasteiger partial charge in [-0.25, -0.2) is 0 Å².